The van der Waals surface area contributed by atoms with Crippen LogP contribution in [0.3, 0.4) is 0 Å². The molecule has 1 saturated heterocycles. The quantitative estimate of drug-likeness (QED) is 0.554. The zero-order valence-corrected chi connectivity index (χ0v) is 9.64. The summed E-state index contributed by atoms with van der Waals surface area (Å²) in [6.07, 6.45) is 4.26. The van der Waals surface area contributed by atoms with Gasteiger partial charge in [-0.25, -0.2) is 0 Å². The van der Waals surface area contributed by atoms with Crippen molar-refractivity contribution in [3.05, 3.63) is 21.4 Å². The Morgan fingerprint density at radius 3 is 2.62 bits per heavy atom. The van der Waals surface area contributed by atoms with E-state index < -0.39 is 0 Å². The summed E-state index contributed by atoms with van der Waals surface area (Å²) in [6.45, 7) is 0. The lowest BCUT2D eigenvalue weighted by atomic mass is 9.97. The first-order valence-corrected chi connectivity index (χ1v) is 6.39. The van der Waals surface area contributed by atoms with Gasteiger partial charge in [0.25, 0.3) is 0 Å². The van der Waals surface area contributed by atoms with E-state index in [-0.39, 0.29) is 17.9 Å². The lowest BCUT2D eigenvalue weighted by molar-refractivity contribution is -0.163. The van der Waals surface area contributed by atoms with Gasteiger partial charge in [0, 0.05) is 15.7 Å². The Balaban J connectivity index is 1.85. The van der Waals surface area contributed by atoms with Crippen LogP contribution in [0.15, 0.2) is 6.07 Å². The summed E-state index contributed by atoms with van der Waals surface area (Å²) in [4.78, 5) is 25.0. The van der Waals surface area contributed by atoms with E-state index in [9.17, 15) is 9.59 Å². The van der Waals surface area contributed by atoms with E-state index in [4.69, 9.17) is 0 Å². The van der Waals surface area contributed by atoms with E-state index in [1.54, 1.807) is 11.3 Å². The molecule has 0 atom stereocenters. The first kappa shape index (κ1) is 10.0. The first-order chi connectivity index (χ1) is 7.72. The van der Waals surface area contributed by atoms with Crippen molar-refractivity contribution in [1.82, 2.24) is 0 Å². The van der Waals surface area contributed by atoms with E-state index in [2.05, 4.69) is 10.8 Å². The number of aryl methyl sites for hydroxylation is 2. The molecule has 0 bridgehead atoms. The fourth-order valence-electron chi connectivity index (χ4n) is 2.44. The lowest BCUT2D eigenvalue weighted by Crippen LogP contribution is -2.23. The number of esters is 2. The molecule has 2 heterocycles. The predicted molar refractivity (Wildman–Crippen MR) is 59.4 cm³/mol. The lowest BCUT2D eigenvalue weighted by Gasteiger charge is -2.18. The maximum absolute atomic E-state index is 11.2. The Labute approximate surface area is 97.4 Å². The summed E-state index contributed by atoms with van der Waals surface area (Å²) in [5.41, 5.74) is 1.42. The van der Waals surface area contributed by atoms with Gasteiger partial charge >= 0.3 is 11.9 Å². The van der Waals surface area contributed by atoms with Crippen LogP contribution < -0.4 is 0 Å². The fourth-order valence-corrected chi connectivity index (χ4v) is 3.80. The molecule has 0 spiro atoms. The second kappa shape index (κ2) is 3.70. The van der Waals surface area contributed by atoms with E-state index >= 15 is 0 Å². The molecule has 0 aromatic carbocycles. The summed E-state index contributed by atoms with van der Waals surface area (Å²) in [6, 6.07) is 2.18. The minimum absolute atomic E-state index is 0.0596. The van der Waals surface area contributed by atoms with Gasteiger partial charge in [-0.2, -0.15) is 0 Å². The van der Waals surface area contributed by atoms with Gasteiger partial charge in [-0.05, 0) is 30.9 Å². The number of thiophene rings is 1. The maximum Gasteiger partial charge on any atom is 0.314 e. The third-order valence-corrected chi connectivity index (χ3v) is 4.62. The third-order valence-electron chi connectivity index (χ3n) is 3.22. The van der Waals surface area contributed by atoms with Gasteiger partial charge in [-0.3, -0.25) is 9.59 Å². The molecule has 3 rings (SSSR count). The van der Waals surface area contributed by atoms with Crippen LogP contribution >= 0.6 is 11.3 Å². The molecule has 0 unspecified atom stereocenters. The molecule has 1 aliphatic carbocycles. The summed E-state index contributed by atoms with van der Waals surface area (Å²) < 4.78 is 4.54. The van der Waals surface area contributed by atoms with Crippen molar-refractivity contribution in [2.24, 2.45) is 0 Å². The number of fused-ring (bicyclic) bond motifs is 1. The molecule has 0 saturated carbocycles. The zero-order valence-electron chi connectivity index (χ0n) is 8.82. The van der Waals surface area contributed by atoms with Crippen molar-refractivity contribution in [3.8, 4) is 0 Å². The largest absolute Gasteiger partial charge is 0.393 e. The van der Waals surface area contributed by atoms with Gasteiger partial charge in [-0.15, -0.1) is 11.3 Å². The van der Waals surface area contributed by atoms with Crippen LogP contribution in [-0.2, 0) is 27.2 Å². The van der Waals surface area contributed by atoms with Gasteiger partial charge in [0.15, 0.2) is 0 Å². The number of hydrogen-bond acceptors (Lipinski definition) is 4. The molecule has 1 aromatic heterocycles. The minimum atomic E-state index is -0.380. The molecule has 16 heavy (non-hydrogen) atoms. The number of carbonyl (C=O) groups is 2. The molecular weight excluding hydrogens is 224 g/mol. The van der Waals surface area contributed by atoms with Crippen LogP contribution in [-0.4, -0.2) is 11.9 Å². The van der Waals surface area contributed by atoms with Crippen molar-refractivity contribution in [1.29, 1.82) is 0 Å². The normalized spacial score (nSPS) is 21.0. The van der Waals surface area contributed by atoms with Crippen molar-refractivity contribution in [3.63, 3.8) is 0 Å². The van der Waals surface area contributed by atoms with E-state index in [0.717, 1.165) is 12.8 Å². The second-order valence-corrected chi connectivity index (χ2v) is 5.57. The van der Waals surface area contributed by atoms with E-state index in [1.807, 2.05) is 0 Å². The highest BCUT2D eigenvalue weighted by molar-refractivity contribution is 7.12. The van der Waals surface area contributed by atoms with Crippen LogP contribution in [0.2, 0.25) is 0 Å². The Morgan fingerprint density at radius 2 is 1.94 bits per heavy atom. The predicted octanol–water partition coefficient (Wildman–Crippen LogP) is 2.18. The number of ether oxygens (including phenoxy) is 1. The molecule has 0 amide bonds. The van der Waals surface area contributed by atoms with E-state index in [0.29, 0.717) is 12.8 Å². The maximum atomic E-state index is 11.2. The van der Waals surface area contributed by atoms with E-state index in [1.165, 1.54) is 21.7 Å². The molecule has 84 valence electrons. The third kappa shape index (κ3) is 1.67. The van der Waals surface area contributed by atoms with Gasteiger partial charge in [-0.1, -0.05) is 0 Å². The first-order valence-electron chi connectivity index (χ1n) is 5.57. The van der Waals surface area contributed by atoms with Crippen LogP contribution in [0.25, 0.3) is 0 Å². The fraction of sp³-hybridized carbons (Fsp3) is 0.500. The summed E-state index contributed by atoms with van der Waals surface area (Å²) in [5.74, 6) is -0.700. The number of carbonyl (C=O) groups excluding carboxylic acids is 2. The number of hydrogen-bond donors (Lipinski definition) is 0. The number of rotatable bonds is 1. The Kier molecular flexibility index (Phi) is 2.32. The highest BCUT2D eigenvalue weighted by Crippen LogP contribution is 2.38. The average Bonchev–Trinajstić information content (AvgIpc) is 2.74. The van der Waals surface area contributed by atoms with Crippen LogP contribution in [0.5, 0.6) is 0 Å². The smallest absolute Gasteiger partial charge is 0.314 e. The SMILES string of the molecule is O=C1CC(c2cc3c(s2)CCC3)CC(=O)O1. The van der Waals surface area contributed by atoms with Crippen molar-refractivity contribution >= 4 is 23.3 Å². The highest BCUT2D eigenvalue weighted by Gasteiger charge is 2.30. The second-order valence-electron chi connectivity index (χ2n) is 4.40. The molecule has 2 aliphatic rings. The summed E-state index contributed by atoms with van der Waals surface area (Å²) in [7, 11) is 0. The minimum Gasteiger partial charge on any atom is -0.393 e. The Bertz CT molecular complexity index is 423. The van der Waals surface area contributed by atoms with Crippen molar-refractivity contribution < 1.29 is 14.3 Å². The van der Waals surface area contributed by atoms with Gasteiger partial charge in [0.1, 0.15) is 0 Å². The Morgan fingerprint density at radius 1 is 1.19 bits per heavy atom. The molecule has 0 radical (unpaired) electrons. The summed E-state index contributed by atoms with van der Waals surface area (Å²) >= 11 is 1.77. The molecule has 1 aromatic rings. The van der Waals surface area contributed by atoms with Gasteiger partial charge < -0.3 is 4.74 Å². The van der Waals surface area contributed by atoms with Crippen LogP contribution in [0.4, 0.5) is 0 Å². The van der Waals surface area contributed by atoms with Gasteiger partial charge in [0.05, 0.1) is 12.8 Å². The number of cyclic esters (lactones) is 2. The topological polar surface area (TPSA) is 43.4 Å². The Hall–Kier alpha value is -1.16. The molecular formula is C12H12O3S. The highest BCUT2D eigenvalue weighted by atomic mass is 32.1. The van der Waals surface area contributed by atoms with Crippen LogP contribution in [0, 0.1) is 0 Å². The molecule has 0 N–H and O–H groups in total. The molecule has 3 nitrogen and oxygen atoms in total. The molecule has 1 fully saturated rings. The summed E-state index contributed by atoms with van der Waals surface area (Å²) in [5, 5.41) is 0. The monoisotopic (exact) mass is 236 g/mol. The van der Waals surface area contributed by atoms with Crippen molar-refractivity contribution in [2.45, 2.75) is 38.0 Å². The standard InChI is InChI=1S/C12H12O3S/c13-11-5-8(6-12(14)15-11)10-4-7-2-1-3-9(7)16-10/h4,8H,1-3,5-6H2. The van der Waals surface area contributed by atoms with Gasteiger partial charge in [0.2, 0.25) is 0 Å². The average molecular weight is 236 g/mol. The zero-order chi connectivity index (χ0) is 11.1. The van der Waals surface area contributed by atoms with Crippen molar-refractivity contribution in [2.75, 3.05) is 0 Å². The molecule has 1 aliphatic heterocycles. The molecule has 4 heteroatoms. The van der Waals surface area contributed by atoms with Crippen LogP contribution in [0.1, 0.15) is 40.5 Å².